The van der Waals surface area contributed by atoms with Crippen molar-refractivity contribution in [1.82, 2.24) is 10.2 Å². The van der Waals surface area contributed by atoms with E-state index in [9.17, 15) is 22.8 Å². The molecule has 4 aromatic rings. The average molecular weight is 646 g/mol. The fourth-order valence-corrected chi connectivity index (χ4v) is 6.01. The predicted octanol–water partition coefficient (Wildman–Crippen LogP) is 7.28. The Morgan fingerprint density at radius 3 is 2.06 bits per heavy atom. The van der Waals surface area contributed by atoms with Gasteiger partial charge in [-0.25, -0.2) is 0 Å². The minimum absolute atomic E-state index is 0.103. The topological polar surface area (TPSA) is 79.9 Å². The molecule has 2 N–H and O–H groups in total. The van der Waals surface area contributed by atoms with Gasteiger partial charge in [-0.1, -0.05) is 72.8 Å². The Hall–Kier alpha value is -4.51. The van der Waals surface area contributed by atoms with Crippen LogP contribution in [0.3, 0.4) is 0 Å². The first-order chi connectivity index (χ1) is 22.7. The SMILES string of the molecule is COC(CNC(=O)C(c1ccccc1)N1CCC(c2ccc(NC(=O)c3ccccc3-c3ccc(C(F)(F)F)cc3)cc2)CC1)OC. The lowest BCUT2D eigenvalue weighted by molar-refractivity contribution is -0.137. The van der Waals surface area contributed by atoms with Crippen LogP contribution in [-0.4, -0.2) is 56.9 Å². The number of nitrogens with zero attached hydrogens (tertiary/aromatic N) is 1. The zero-order chi connectivity index (χ0) is 33.4. The van der Waals surface area contributed by atoms with Gasteiger partial charge in [-0.2, -0.15) is 13.2 Å². The van der Waals surface area contributed by atoms with Crippen LogP contribution in [0.15, 0.2) is 103 Å². The molecule has 1 aliphatic heterocycles. The third-order valence-electron chi connectivity index (χ3n) is 8.56. The number of carbonyl (C=O) groups excluding carboxylic acids is 2. The van der Waals surface area contributed by atoms with Gasteiger partial charge >= 0.3 is 6.18 Å². The van der Waals surface area contributed by atoms with Gasteiger partial charge in [0.1, 0.15) is 6.04 Å². The van der Waals surface area contributed by atoms with E-state index in [2.05, 4.69) is 15.5 Å². The second-order valence-electron chi connectivity index (χ2n) is 11.5. The van der Waals surface area contributed by atoms with Gasteiger partial charge in [-0.3, -0.25) is 14.5 Å². The number of amides is 2. The minimum Gasteiger partial charge on any atom is -0.354 e. The molecular formula is C37H38F3N3O4. The summed E-state index contributed by atoms with van der Waals surface area (Å²) in [6.45, 7) is 1.71. The second-order valence-corrected chi connectivity index (χ2v) is 11.5. The summed E-state index contributed by atoms with van der Waals surface area (Å²) in [5.41, 5.74) is 3.37. The smallest absolute Gasteiger partial charge is 0.354 e. The van der Waals surface area contributed by atoms with Crippen LogP contribution in [-0.2, 0) is 20.4 Å². The summed E-state index contributed by atoms with van der Waals surface area (Å²) in [5, 5.41) is 5.90. The van der Waals surface area contributed by atoms with Crippen molar-refractivity contribution in [1.29, 1.82) is 0 Å². The molecule has 4 aromatic carbocycles. The summed E-state index contributed by atoms with van der Waals surface area (Å²) in [5.74, 6) is -0.162. The fourth-order valence-electron chi connectivity index (χ4n) is 6.01. The van der Waals surface area contributed by atoms with E-state index in [-0.39, 0.29) is 18.4 Å². The van der Waals surface area contributed by atoms with E-state index in [1.807, 2.05) is 54.6 Å². The molecule has 0 bridgehead atoms. The van der Waals surface area contributed by atoms with Gasteiger partial charge in [0.15, 0.2) is 6.29 Å². The lowest BCUT2D eigenvalue weighted by atomic mass is 9.88. The Balaban J connectivity index is 1.22. The Labute approximate surface area is 272 Å². The van der Waals surface area contributed by atoms with Gasteiger partial charge < -0.3 is 20.1 Å². The normalized spacial score (nSPS) is 14.9. The summed E-state index contributed by atoms with van der Waals surface area (Å²) in [6, 6.07) is 28.7. The number of carbonyl (C=O) groups is 2. The number of ether oxygens (including phenoxy) is 2. The van der Waals surface area contributed by atoms with E-state index in [4.69, 9.17) is 9.47 Å². The Morgan fingerprint density at radius 2 is 1.45 bits per heavy atom. The van der Waals surface area contributed by atoms with Crippen molar-refractivity contribution in [2.24, 2.45) is 0 Å². The average Bonchev–Trinajstić information content (AvgIpc) is 3.09. The van der Waals surface area contributed by atoms with Crippen LogP contribution in [0.25, 0.3) is 11.1 Å². The lowest BCUT2D eigenvalue weighted by Crippen LogP contribution is -2.46. The molecule has 7 nitrogen and oxygen atoms in total. The van der Waals surface area contributed by atoms with Crippen LogP contribution in [0.2, 0.25) is 0 Å². The Bertz CT molecular complexity index is 1620. The van der Waals surface area contributed by atoms with Crippen molar-refractivity contribution < 1.29 is 32.2 Å². The summed E-state index contributed by atoms with van der Waals surface area (Å²) in [4.78, 5) is 28.8. The minimum atomic E-state index is -4.43. The maximum absolute atomic E-state index is 13.4. The molecular weight excluding hydrogens is 607 g/mol. The van der Waals surface area contributed by atoms with Gasteiger partial charge in [0.25, 0.3) is 5.91 Å². The highest BCUT2D eigenvalue weighted by atomic mass is 19.4. The van der Waals surface area contributed by atoms with E-state index in [1.54, 1.807) is 24.3 Å². The summed E-state index contributed by atoms with van der Waals surface area (Å²) in [6.07, 6.45) is -3.23. The molecule has 0 spiro atoms. The number of alkyl halides is 3. The number of benzene rings is 4. The number of rotatable bonds is 11. The third-order valence-corrected chi connectivity index (χ3v) is 8.56. The maximum atomic E-state index is 13.4. The number of piperidine rings is 1. The molecule has 1 unspecified atom stereocenters. The van der Waals surface area contributed by atoms with Crippen molar-refractivity contribution in [3.63, 3.8) is 0 Å². The van der Waals surface area contributed by atoms with Gasteiger partial charge in [-0.05, 0) is 84.4 Å². The van der Waals surface area contributed by atoms with Gasteiger partial charge in [0, 0.05) is 25.5 Å². The largest absolute Gasteiger partial charge is 0.416 e. The molecule has 47 heavy (non-hydrogen) atoms. The van der Waals surface area contributed by atoms with Crippen LogP contribution in [0.5, 0.6) is 0 Å². The molecule has 0 radical (unpaired) electrons. The first kappa shape index (κ1) is 33.8. The first-order valence-electron chi connectivity index (χ1n) is 15.5. The number of hydrogen-bond acceptors (Lipinski definition) is 5. The molecule has 0 aromatic heterocycles. The van der Waals surface area contributed by atoms with Crippen LogP contribution >= 0.6 is 0 Å². The summed E-state index contributed by atoms with van der Waals surface area (Å²) >= 11 is 0. The first-order valence-corrected chi connectivity index (χ1v) is 15.5. The van der Waals surface area contributed by atoms with Crippen LogP contribution < -0.4 is 10.6 Å². The van der Waals surface area contributed by atoms with Crippen molar-refractivity contribution in [2.75, 3.05) is 39.2 Å². The molecule has 2 amide bonds. The van der Waals surface area contributed by atoms with Gasteiger partial charge in [0.2, 0.25) is 5.91 Å². The van der Waals surface area contributed by atoms with E-state index < -0.39 is 24.1 Å². The highest BCUT2D eigenvalue weighted by molar-refractivity contribution is 6.08. The van der Waals surface area contributed by atoms with Gasteiger partial charge in [-0.15, -0.1) is 0 Å². The molecule has 0 aliphatic carbocycles. The number of nitrogens with one attached hydrogen (secondary N) is 2. The summed E-state index contributed by atoms with van der Waals surface area (Å²) < 4.78 is 49.6. The molecule has 1 aliphatic rings. The molecule has 1 heterocycles. The molecule has 10 heteroatoms. The highest BCUT2D eigenvalue weighted by Crippen LogP contribution is 2.34. The fraction of sp³-hybridized carbons (Fsp3) is 0.297. The van der Waals surface area contributed by atoms with Crippen LogP contribution in [0.1, 0.15) is 51.8 Å². The Morgan fingerprint density at radius 1 is 0.830 bits per heavy atom. The van der Waals surface area contributed by atoms with E-state index >= 15 is 0 Å². The van der Waals surface area contributed by atoms with E-state index in [0.29, 0.717) is 28.3 Å². The number of hydrogen-bond donors (Lipinski definition) is 2. The standard InChI is InChI=1S/C37H38F3N3O4/c1-46-33(47-2)24-41-36(45)34(28-8-4-3-5-9-28)43-22-20-26(21-23-43)25-14-18-30(19-15-25)42-35(44)32-11-7-6-10-31(32)27-12-16-29(17-13-27)37(38,39)40/h3-19,26,33-34H,20-24H2,1-2H3,(H,41,45)(H,42,44). The highest BCUT2D eigenvalue weighted by Gasteiger charge is 2.32. The Kier molecular flexibility index (Phi) is 11.1. The second kappa shape index (κ2) is 15.4. The number of likely N-dealkylation sites (tertiary alicyclic amines) is 1. The van der Waals surface area contributed by atoms with Crippen molar-refractivity contribution in [3.05, 3.63) is 125 Å². The molecule has 1 fully saturated rings. The van der Waals surface area contributed by atoms with E-state index in [1.165, 1.54) is 26.4 Å². The van der Waals surface area contributed by atoms with Crippen LogP contribution in [0, 0.1) is 0 Å². The lowest BCUT2D eigenvalue weighted by Gasteiger charge is -2.37. The zero-order valence-electron chi connectivity index (χ0n) is 26.3. The third kappa shape index (κ3) is 8.45. The molecule has 1 saturated heterocycles. The molecule has 5 rings (SSSR count). The zero-order valence-corrected chi connectivity index (χ0v) is 26.3. The monoisotopic (exact) mass is 645 g/mol. The number of anilines is 1. The van der Waals surface area contributed by atoms with Crippen molar-refractivity contribution in [2.45, 2.75) is 37.3 Å². The van der Waals surface area contributed by atoms with Crippen LogP contribution in [0.4, 0.5) is 18.9 Å². The van der Waals surface area contributed by atoms with Gasteiger partial charge in [0.05, 0.1) is 12.1 Å². The predicted molar refractivity (Wildman–Crippen MR) is 175 cm³/mol. The maximum Gasteiger partial charge on any atom is 0.416 e. The summed E-state index contributed by atoms with van der Waals surface area (Å²) in [7, 11) is 3.07. The number of methoxy groups -OCH3 is 2. The van der Waals surface area contributed by atoms with Crippen molar-refractivity contribution in [3.8, 4) is 11.1 Å². The molecule has 0 saturated carbocycles. The number of halogens is 3. The van der Waals surface area contributed by atoms with E-state index in [0.717, 1.165) is 49.2 Å². The molecule has 1 atom stereocenters. The quantitative estimate of drug-likeness (QED) is 0.168. The van der Waals surface area contributed by atoms with Crippen molar-refractivity contribution >= 4 is 17.5 Å². The molecule has 246 valence electrons.